The Kier molecular flexibility index (Phi) is 8.33. The third kappa shape index (κ3) is 5.89. The minimum absolute atomic E-state index is 0.00585. The molecule has 8 aromatic carbocycles. The topological polar surface area (TPSA) is 14.2 Å². The van der Waals surface area contributed by atoms with Gasteiger partial charge in [-0.25, -0.2) is 4.85 Å². The van der Waals surface area contributed by atoms with Gasteiger partial charge in [0, 0.05) is 21.5 Å². The van der Waals surface area contributed by atoms with Crippen LogP contribution in [0.25, 0.3) is 93.2 Å². The molecule has 0 saturated heterocycles. The number of benzene rings is 8. The molecule has 2 aromatic heterocycles. The van der Waals surface area contributed by atoms with E-state index in [-0.39, 0.29) is 16.8 Å². The largest absolute Gasteiger partial charge is 0.416 e. The molecule has 0 N–H and O–H groups in total. The second-order valence-corrected chi connectivity index (χ2v) is 15.4. The lowest BCUT2D eigenvalue weighted by molar-refractivity contribution is -0.137. The van der Waals surface area contributed by atoms with Crippen LogP contribution in [0.15, 0.2) is 164 Å². The number of aryl methyl sites for hydroxylation is 3. The van der Waals surface area contributed by atoms with Crippen LogP contribution in [0.5, 0.6) is 0 Å². The van der Waals surface area contributed by atoms with Crippen molar-refractivity contribution in [2.45, 2.75) is 26.9 Å². The summed E-state index contributed by atoms with van der Waals surface area (Å²) in [6.45, 7) is 14.3. The summed E-state index contributed by atoms with van der Waals surface area (Å²) in [5.74, 6) is 0. The fourth-order valence-corrected chi connectivity index (χ4v) is 8.95. The van der Waals surface area contributed by atoms with E-state index in [4.69, 9.17) is 6.57 Å². The summed E-state index contributed by atoms with van der Waals surface area (Å²) in [4.78, 5) is 3.96. The van der Waals surface area contributed by atoms with E-state index in [2.05, 4.69) is 137 Å². The molecule has 0 atom stereocenters. The number of hydrogen-bond donors (Lipinski definition) is 0. The average Bonchev–Trinajstić information content (AvgIpc) is 3.75. The number of aromatic nitrogens is 2. The molecule has 0 amide bonds. The van der Waals surface area contributed by atoms with Crippen molar-refractivity contribution in [1.82, 2.24) is 9.13 Å². The highest BCUT2D eigenvalue weighted by atomic mass is 19.4. The van der Waals surface area contributed by atoms with E-state index in [1.807, 2.05) is 30.3 Å². The fraction of sp³-hybridized carbons (Fsp3) is 0.0755. The molecule has 10 aromatic rings. The van der Waals surface area contributed by atoms with E-state index in [9.17, 15) is 13.2 Å². The molecule has 0 aliphatic rings. The van der Waals surface area contributed by atoms with Crippen LogP contribution in [0.1, 0.15) is 22.3 Å². The average molecular weight is 772 g/mol. The molecule has 59 heavy (non-hydrogen) atoms. The molecular weight excluding hydrogens is 736 g/mol. The Morgan fingerprint density at radius 2 is 0.932 bits per heavy atom. The molecule has 0 fully saturated rings. The maximum atomic E-state index is 14.9. The molecule has 0 saturated carbocycles. The first-order valence-corrected chi connectivity index (χ1v) is 19.5. The van der Waals surface area contributed by atoms with Crippen LogP contribution in [0, 0.1) is 27.3 Å². The van der Waals surface area contributed by atoms with Crippen LogP contribution in [0.2, 0.25) is 0 Å². The Hall–Kier alpha value is -7.36. The minimum atomic E-state index is -4.64. The second kappa shape index (κ2) is 13.6. The molecule has 0 bridgehead atoms. The van der Waals surface area contributed by atoms with Gasteiger partial charge in [0.05, 0.1) is 45.6 Å². The number of rotatable bonds is 5. The molecule has 0 radical (unpaired) electrons. The van der Waals surface area contributed by atoms with Gasteiger partial charge in [0.15, 0.2) is 5.69 Å². The highest BCUT2D eigenvalue weighted by Gasteiger charge is 2.35. The predicted molar refractivity (Wildman–Crippen MR) is 237 cm³/mol. The number of halogens is 3. The van der Waals surface area contributed by atoms with Crippen LogP contribution in [-0.4, -0.2) is 9.13 Å². The van der Waals surface area contributed by atoms with Crippen molar-refractivity contribution in [2.75, 3.05) is 0 Å². The fourth-order valence-electron chi connectivity index (χ4n) is 8.95. The summed E-state index contributed by atoms with van der Waals surface area (Å²) in [6, 6.07) is 53.9. The Balaban J connectivity index is 1.34. The zero-order valence-electron chi connectivity index (χ0n) is 32.6. The second-order valence-electron chi connectivity index (χ2n) is 15.4. The lowest BCUT2D eigenvalue weighted by Gasteiger charge is -2.22. The van der Waals surface area contributed by atoms with E-state index >= 15 is 0 Å². The molecule has 6 heteroatoms. The molecule has 0 spiro atoms. The van der Waals surface area contributed by atoms with Crippen molar-refractivity contribution >= 4 is 49.3 Å². The smallest absolute Gasteiger partial charge is 0.308 e. The molecule has 0 unspecified atom stereocenters. The molecule has 10 rings (SSSR count). The predicted octanol–water partition coefficient (Wildman–Crippen LogP) is 15.4. The van der Waals surface area contributed by atoms with Gasteiger partial charge in [-0.15, -0.1) is 0 Å². The highest BCUT2D eigenvalue weighted by Crippen LogP contribution is 2.47. The number of para-hydroxylation sites is 2. The van der Waals surface area contributed by atoms with Crippen LogP contribution in [0.4, 0.5) is 18.9 Å². The molecule has 284 valence electrons. The zero-order valence-corrected chi connectivity index (χ0v) is 32.6. The van der Waals surface area contributed by atoms with Crippen LogP contribution in [-0.2, 0) is 6.18 Å². The highest BCUT2D eigenvalue weighted by molar-refractivity contribution is 6.13. The molecule has 0 aliphatic carbocycles. The summed E-state index contributed by atoms with van der Waals surface area (Å²) in [5.41, 5.74) is 11.7. The maximum Gasteiger partial charge on any atom is 0.416 e. The molecule has 0 aliphatic heterocycles. The quantitative estimate of drug-likeness (QED) is 0.155. The van der Waals surface area contributed by atoms with E-state index in [1.54, 1.807) is 19.1 Å². The lowest BCUT2D eigenvalue weighted by atomic mass is 9.92. The first-order chi connectivity index (χ1) is 28.6. The van der Waals surface area contributed by atoms with E-state index in [0.717, 1.165) is 77.5 Å². The van der Waals surface area contributed by atoms with Crippen LogP contribution < -0.4 is 0 Å². The van der Waals surface area contributed by atoms with Crippen LogP contribution in [0.3, 0.4) is 0 Å². The molecule has 2 heterocycles. The zero-order chi connectivity index (χ0) is 40.6. The normalized spacial score (nSPS) is 11.9. The van der Waals surface area contributed by atoms with Crippen molar-refractivity contribution in [3.63, 3.8) is 0 Å². The Morgan fingerprint density at radius 3 is 1.44 bits per heavy atom. The minimum Gasteiger partial charge on any atom is -0.308 e. The van der Waals surface area contributed by atoms with Gasteiger partial charge in [-0.05, 0) is 114 Å². The SMILES string of the molecule is [C-]#[N+]c1cc(-n2c3ccccc3c3cc(-c4cccc(C)c4)ccc32)c(-n2c3ccccc3c3cc(-c4cccc(C)c4)ccc32)cc1-c1c(C)cccc1C(F)(F)F. The number of hydrogen-bond acceptors (Lipinski definition) is 0. The van der Waals surface area contributed by atoms with Crippen molar-refractivity contribution < 1.29 is 13.2 Å². The summed E-state index contributed by atoms with van der Waals surface area (Å²) in [7, 11) is 0. The first kappa shape index (κ1) is 36.0. The third-order valence-electron chi connectivity index (χ3n) is 11.6. The maximum absolute atomic E-state index is 14.9. The van der Waals surface area contributed by atoms with Gasteiger partial charge >= 0.3 is 6.18 Å². The van der Waals surface area contributed by atoms with Gasteiger partial charge in [-0.3, -0.25) is 0 Å². The van der Waals surface area contributed by atoms with Gasteiger partial charge < -0.3 is 9.13 Å². The summed E-state index contributed by atoms with van der Waals surface area (Å²) in [6.07, 6.45) is -4.64. The van der Waals surface area contributed by atoms with Crippen LogP contribution >= 0.6 is 0 Å². The Bertz CT molecular complexity index is 3370. The molecule has 3 nitrogen and oxygen atoms in total. The molecular formula is C53H36F3N3. The standard InChI is InChI=1S/C53H36F3N3/c1-32-12-9-15-35(26-32)37-22-24-48-41(28-37)39-17-5-7-20-46(39)58(48)50-30-43(52-34(3)14-11-19-44(52)53(54,55)56)45(57-4)31-51(50)59-47-21-8-6-18-40(47)42-29-38(23-25-49(42)59)36-16-10-13-33(2)27-36/h5-31H,1-3H3. The monoisotopic (exact) mass is 771 g/mol. The van der Waals surface area contributed by atoms with E-state index < -0.39 is 11.7 Å². The van der Waals surface area contributed by atoms with Crippen molar-refractivity contribution in [1.29, 1.82) is 0 Å². The lowest BCUT2D eigenvalue weighted by Crippen LogP contribution is -2.09. The summed E-state index contributed by atoms with van der Waals surface area (Å²) >= 11 is 0. The summed E-state index contributed by atoms with van der Waals surface area (Å²) < 4.78 is 49.0. The van der Waals surface area contributed by atoms with Gasteiger partial charge in [0.2, 0.25) is 0 Å². The van der Waals surface area contributed by atoms with Crippen molar-refractivity contribution in [3.05, 3.63) is 197 Å². The van der Waals surface area contributed by atoms with Gasteiger partial charge in [-0.2, -0.15) is 13.2 Å². The first-order valence-electron chi connectivity index (χ1n) is 19.5. The van der Waals surface area contributed by atoms with E-state index in [1.165, 1.54) is 11.6 Å². The Labute approximate surface area is 339 Å². The van der Waals surface area contributed by atoms with E-state index in [0.29, 0.717) is 16.9 Å². The van der Waals surface area contributed by atoms with Crippen molar-refractivity contribution in [3.8, 4) is 44.8 Å². The number of nitrogens with zero attached hydrogens (tertiary/aromatic N) is 3. The number of alkyl halides is 3. The number of fused-ring (bicyclic) bond motifs is 6. The Morgan fingerprint density at radius 1 is 0.458 bits per heavy atom. The summed E-state index contributed by atoms with van der Waals surface area (Å²) in [5, 5.41) is 4.08. The third-order valence-corrected chi connectivity index (χ3v) is 11.6. The van der Waals surface area contributed by atoms with Gasteiger partial charge in [0.1, 0.15) is 0 Å². The van der Waals surface area contributed by atoms with Gasteiger partial charge in [-0.1, -0.05) is 120 Å². The van der Waals surface area contributed by atoms with Crippen molar-refractivity contribution in [2.24, 2.45) is 0 Å². The van der Waals surface area contributed by atoms with Gasteiger partial charge in [0.25, 0.3) is 0 Å².